The lowest BCUT2D eigenvalue weighted by Crippen LogP contribution is -2.34. The lowest BCUT2D eigenvalue weighted by atomic mass is 9.99. The first-order valence-corrected chi connectivity index (χ1v) is 6.84. The highest BCUT2D eigenvalue weighted by Gasteiger charge is 2.35. The molecule has 2 aromatic rings. The van der Waals surface area contributed by atoms with Crippen LogP contribution in [0.15, 0.2) is 22.7 Å². The summed E-state index contributed by atoms with van der Waals surface area (Å²) in [5.74, 6) is -0.646. The summed E-state index contributed by atoms with van der Waals surface area (Å²) < 4.78 is 32.0. The van der Waals surface area contributed by atoms with Gasteiger partial charge in [0.15, 0.2) is 5.82 Å². The van der Waals surface area contributed by atoms with Crippen molar-refractivity contribution < 1.29 is 13.3 Å². The second kappa shape index (κ2) is 6.54. The van der Waals surface area contributed by atoms with Crippen molar-refractivity contribution in [3.63, 3.8) is 0 Å². The molecule has 0 radical (unpaired) electrons. The molecule has 118 valence electrons. The molecule has 0 aliphatic heterocycles. The Morgan fingerprint density at radius 1 is 1.14 bits per heavy atom. The Kier molecular flexibility index (Phi) is 4.93. The Bertz CT molecular complexity index is 661. The third kappa shape index (κ3) is 3.18. The smallest absolute Gasteiger partial charge is 0.250 e. The Hall–Kier alpha value is -1.79. The molecule has 0 unspecified atom stereocenters. The Labute approximate surface area is 132 Å². The minimum absolute atomic E-state index is 0. The summed E-state index contributed by atoms with van der Waals surface area (Å²) in [4.78, 5) is 4.20. The van der Waals surface area contributed by atoms with Crippen molar-refractivity contribution in [1.82, 2.24) is 10.1 Å². The molecule has 1 saturated carbocycles. The molecular formula is C15H16ClF2N3O. The van der Waals surface area contributed by atoms with Crippen molar-refractivity contribution in [2.45, 2.75) is 31.2 Å². The summed E-state index contributed by atoms with van der Waals surface area (Å²) in [5.41, 5.74) is 5.54. The van der Waals surface area contributed by atoms with Gasteiger partial charge in [0.05, 0.1) is 5.54 Å². The van der Waals surface area contributed by atoms with Crippen LogP contribution >= 0.6 is 12.4 Å². The van der Waals surface area contributed by atoms with Crippen molar-refractivity contribution in [3.8, 4) is 0 Å². The first-order valence-electron chi connectivity index (χ1n) is 6.84. The molecule has 1 heterocycles. The lowest BCUT2D eigenvalue weighted by molar-refractivity contribution is 0.364. The maximum Gasteiger partial charge on any atom is 0.250 e. The molecule has 1 aromatic carbocycles. The molecule has 2 N–H and O–H groups in total. The summed E-state index contributed by atoms with van der Waals surface area (Å²) in [6, 6.07) is 3.69. The maximum atomic E-state index is 13.5. The molecule has 0 atom stereocenters. The van der Waals surface area contributed by atoms with Gasteiger partial charge in [0.1, 0.15) is 11.6 Å². The monoisotopic (exact) mass is 327 g/mol. The van der Waals surface area contributed by atoms with Crippen molar-refractivity contribution in [2.75, 3.05) is 0 Å². The van der Waals surface area contributed by atoms with E-state index in [0.717, 1.165) is 25.7 Å². The van der Waals surface area contributed by atoms with Crippen molar-refractivity contribution in [2.24, 2.45) is 5.73 Å². The van der Waals surface area contributed by atoms with Gasteiger partial charge in [-0.05, 0) is 31.1 Å². The third-order valence-corrected chi connectivity index (χ3v) is 3.78. The molecule has 3 rings (SSSR count). The lowest BCUT2D eigenvalue weighted by Gasteiger charge is -2.17. The number of halogens is 3. The SMILES string of the molecule is Cl.NC1(c2noc(/C=C/c3c(F)cccc3F)n2)CCCC1. The molecule has 1 fully saturated rings. The van der Waals surface area contributed by atoms with Crippen LogP contribution in [-0.4, -0.2) is 10.1 Å². The zero-order valence-corrected chi connectivity index (χ0v) is 12.6. The zero-order chi connectivity index (χ0) is 14.9. The van der Waals surface area contributed by atoms with E-state index < -0.39 is 17.2 Å². The van der Waals surface area contributed by atoms with Gasteiger partial charge in [-0.25, -0.2) is 8.78 Å². The summed E-state index contributed by atoms with van der Waals surface area (Å²) in [5, 5.41) is 3.88. The Balaban J connectivity index is 0.00000176. The van der Waals surface area contributed by atoms with Crippen LogP contribution in [0, 0.1) is 11.6 Å². The first kappa shape index (κ1) is 16.6. The van der Waals surface area contributed by atoms with E-state index in [1.807, 2.05) is 0 Å². The fraction of sp³-hybridized carbons (Fsp3) is 0.333. The van der Waals surface area contributed by atoms with Crippen LogP contribution in [0.3, 0.4) is 0 Å². The number of aromatic nitrogens is 2. The molecule has 7 heteroatoms. The highest BCUT2D eigenvalue weighted by atomic mass is 35.5. The van der Waals surface area contributed by atoms with Gasteiger partial charge in [-0.3, -0.25) is 0 Å². The number of hydrogen-bond acceptors (Lipinski definition) is 4. The maximum absolute atomic E-state index is 13.5. The standard InChI is InChI=1S/C15H15F2N3O.ClH/c16-11-4-3-5-12(17)10(11)6-7-13-19-14(20-21-13)15(18)8-1-2-9-15;/h3-7H,1-2,8-9,18H2;1H/b7-6+;. The average Bonchev–Trinajstić information content (AvgIpc) is 3.08. The number of hydrogen-bond donors (Lipinski definition) is 1. The summed E-state index contributed by atoms with van der Waals surface area (Å²) in [6.45, 7) is 0. The van der Waals surface area contributed by atoms with Gasteiger partial charge in [-0.2, -0.15) is 4.98 Å². The topological polar surface area (TPSA) is 64.9 Å². The van der Waals surface area contributed by atoms with Crippen LogP contribution in [0.2, 0.25) is 0 Å². The first-order chi connectivity index (χ1) is 10.1. The van der Waals surface area contributed by atoms with Crippen LogP contribution in [0.1, 0.15) is 43.0 Å². The van der Waals surface area contributed by atoms with Gasteiger partial charge in [0.25, 0.3) is 5.89 Å². The summed E-state index contributed by atoms with van der Waals surface area (Å²) in [7, 11) is 0. The highest BCUT2D eigenvalue weighted by Crippen LogP contribution is 2.34. The average molecular weight is 328 g/mol. The largest absolute Gasteiger partial charge is 0.335 e. The van der Waals surface area contributed by atoms with Crippen LogP contribution < -0.4 is 5.73 Å². The fourth-order valence-electron chi connectivity index (χ4n) is 2.56. The number of benzene rings is 1. The summed E-state index contributed by atoms with van der Waals surface area (Å²) >= 11 is 0. The van der Waals surface area contributed by atoms with Crippen LogP contribution in [-0.2, 0) is 5.54 Å². The summed E-state index contributed by atoms with van der Waals surface area (Å²) in [6.07, 6.45) is 6.37. The second-order valence-electron chi connectivity index (χ2n) is 5.29. The molecule has 0 bridgehead atoms. The fourth-order valence-corrected chi connectivity index (χ4v) is 2.56. The molecule has 0 saturated heterocycles. The van der Waals surface area contributed by atoms with E-state index in [1.54, 1.807) is 0 Å². The van der Waals surface area contributed by atoms with E-state index in [-0.39, 0.29) is 23.9 Å². The molecule has 0 spiro atoms. The quantitative estimate of drug-likeness (QED) is 0.934. The van der Waals surface area contributed by atoms with Gasteiger partial charge in [0.2, 0.25) is 0 Å². The van der Waals surface area contributed by atoms with E-state index in [9.17, 15) is 8.78 Å². The minimum atomic E-state index is -0.642. The van der Waals surface area contributed by atoms with Crippen LogP contribution in [0.5, 0.6) is 0 Å². The van der Waals surface area contributed by atoms with Gasteiger partial charge in [-0.1, -0.05) is 24.1 Å². The number of nitrogens with zero attached hydrogens (tertiary/aromatic N) is 2. The van der Waals surface area contributed by atoms with Gasteiger partial charge in [0, 0.05) is 11.6 Å². The second-order valence-corrected chi connectivity index (χ2v) is 5.29. The molecule has 4 nitrogen and oxygen atoms in total. The van der Waals surface area contributed by atoms with E-state index in [0.29, 0.717) is 5.82 Å². The molecular weight excluding hydrogens is 312 g/mol. The third-order valence-electron chi connectivity index (χ3n) is 3.78. The van der Waals surface area contributed by atoms with Gasteiger partial charge in [-0.15, -0.1) is 12.4 Å². The van der Waals surface area contributed by atoms with Crippen LogP contribution in [0.25, 0.3) is 12.2 Å². The molecule has 0 amide bonds. The number of nitrogens with two attached hydrogens (primary N) is 1. The molecule has 22 heavy (non-hydrogen) atoms. The van der Waals surface area contributed by atoms with Crippen LogP contribution in [0.4, 0.5) is 8.78 Å². The van der Waals surface area contributed by atoms with E-state index >= 15 is 0 Å². The highest BCUT2D eigenvalue weighted by molar-refractivity contribution is 5.85. The molecule has 1 aliphatic carbocycles. The van der Waals surface area contributed by atoms with Crippen molar-refractivity contribution >= 4 is 24.6 Å². The zero-order valence-electron chi connectivity index (χ0n) is 11.8. The van der Waals surface area contributed by atoms with Gasteiger partial charge < -0.3 is 10.3 Å². The molecule has 1 aliphatic rings. The predicted octanol–water partition coefficient (Wildman–Crippen LogP) is 3.67. The Morgan fingerprint density at radius 2 is 1.77 bits per heavy atom. The van der Waals surface area contributed by atoms with E-state index in [2.05, 4.69) is 10.1 Å². The number of rotatable bonds is 3. The minimum Gasteiger partial charge on any atom is -0.335 e. The molecule has 1 aromatic heterocycles. The van der Waals surface area contributed by atoms with E-state index in [1.165, 1.54) is 30.4 Å². The predicted molar refractivity (Wildman–Crippen MR) is 81.2 cm³/mol. The Morgan fingerprint density at radius 3 is 2.41 bits per heavy atom. The van der Waals surface area contributed by atoms with Gasteiger partial charge >= 0.3 is 0 Å². The normalized spacial score (nSPS) is 16.9. The van der Waals surface area contributed by atoms with E-state index in [4.69, 9.17) is 10.3 Å². The van der Waals surface area contributed by atoms with Crippen molar-refractivity contribution in [3.05, 3.63) is 47.1 Å². The van der Waals surface area contributed by atoms with Crippen molar-refractivity contribution in [1.29, 1.82) is 0 Å².